The SMILES string of the molecule is CC(C)(C)OC(=O)Nc1c(C#N)cnn1-c1ccc(Cl)cc1Cl. The first-order valence-corrected chi connectivity index (χ1v) is 7.40. The first kappa shape index (κ1) is 17.1. The molecule has 1 heterocycles. The number of hydrogen-bond acceptors (Lipinski definition) is 4. The Hall–Kier alpha value is -2.23. The molecule has 2 rings (SSSR count). The van der Waals surface area contributed by atoms with Gasteiger partial charge in [0.15, 0.2) is 5.82 Å². The molecular weight excluding hydrogens is 339 g/mol. The van der Waals surface area contributed by atoms with E-state index < -0.39 is 11.7 Å². The number of nitrogens with zero attached hydrogens (tertiary/aromatic N) is 3. The standard InChI is InChI=1S/C15H14Cl2N4O2/c1-15(2,3)23-14(22)20-13-9(7-18)8-19-21(13)12-5-4-10(16)6-11(12)17/h4-6,8H,1-3H3,(H,20,22). The zero-order valence-corrected chi connectivity index (χ0v) is 14.2. The third kappa shape index (κ3) is 4.15. The summed E-state index contributed by atoms with van der Waals surface area (Å²) in [4.78, 5) is 12.0. The number of amides is 1. The number of nitrogens with one attached hydrogen (secondary N) is 1. The van der Waals surface area contributed by atoms with Crippen molar-refractivity contribution in [1.29, 1.82) is 5.26 Å². The molecule has 120 valence electrons. The zero-order chi connectivity index (χ0) is 17.2. The van der Waals surface area contributed by atoms with Gasteiger partial charge in [-0.2, -0.15) is 10.4 Å². The minimum absolute atomic E-state index is 0.172. The molecule has 23 heavy (non-hydrogen) atoms. The Labute approximate surface area is 143 Å². The van der Waals surface area contributed by atoms with Crippen molar-refractivity contribution in [3.63, 3.8) is 0 Å². The average molecular weight is 353 g/mol. The van der Waals surface area contributed by atoms with Crippen molar-refractivity contribution < 1.29 is 9.53 Å². The molecule has 0 aliphatic rings. The Balaban J connectivity index is 2.42. The van der Waals surface area contributed by atoms with Crippen molar-refractivity contribution in [3.05, 3.63) is 40.0 Å². The summed E-state index contributed by atoms with van der Waals surface area (Å²) in [5, 5.41) is 16.6. The van der Waals surface area contributed by atoms with Gasteiger partial charge in [-0.25, -0.2) is 9.48 Å². The van der Waals surface area contributed by atoms with Gasteiger partial charge in [-0.3, -0.25) is 5.32 Å². The lowest BCUT2D eigenvalue weighted by molar-refractivity contribution is 0.0635. The quantitative estimate of drug-likeness (QED) is 0.868. The topological polar surface area (TPSA) is 79.9 Å². The number of carbonyl (C=O) groups excluding carboxylic acids is 1. The number of nitriles is 1. The number of ether oxygens (including phenoxy) is 1. The number of rotatable bonds is 2. The van der Waals surface area contributed by atoms with Gasteiger partial charge in [0.05, 0.1) is 16.9 Å². The van der Waals surface area contributed by atoms with Gasteiger partial charge in [0, 0.05) is 5.02 Å². The van der Waals surface area contributed by atoms with E-state index in [2.05, 4.69) is 10.4 Å². The molecule has 0 atom stereocenters. The number of benzene rings is 1. The second-order valence-electron chi connectivity index (χ2n) is 5.65. The molecule has 0 aliphatic carbocycles. The van der Waals surface area contributed by atoms with Crippen LogP contribution in [0.5, 0.6) is 0 Å². The van der Waals surface area contributed by atoms with Crippen LogP contribution in [0.15, 0.2) is 24.4 Å². The number of hydrogen-bond donors (Lipinski definition) is 1. The second kappa shape index (κ2) is 6.49. The van der Waals surface area contributed by atoms with Crippen molar-refractivity contribution in [3.8, 4) is 11.8 Å². The van der Waals surface area contributed by atoms with Crippen LogP contribution in [0.2, 0.25) is 10.0 Å². The lowest BCUT2D eigenvalue weighted by Crippen LogP contribution is -2.28. The average Bonchev–Trinajstić information content (AvgIpc) is 2.79. The highest BCUT2D eigenvalue weighted by Gasteiger charge is 2.21. The van der Waals surface area contributed by atoms with E-state index in [1.54, 1.807) is 39.0 Å². The number of aromatic nitrogens is 2. The molecule has 1 aromatic heterocycles. The number of carbonyl (C=O) groups is 1. The fourth-order valence-electron chi connectivity index (χ4n) is 1.79. The highest BCUT2D eigenvalue weighted by atomic mass is 35.5. The summed E-state index contributed by atoms with van der Waals surface area (Å²) in [7, 11) is 0. The molecule has 0 aliphatic heterocycles. The molecule has 0 fully saturated rings. The second-order valence-corrected chi connectivity index (χ2v) is 6.50. The van der Waals surface area contributed by atoms with E-state index in [1.165, 1.54) is 10.9 Å². The van der Waals surface area contributed by atoms with Gasteiger partial charge in [-0.05, 0) is 39.0 Å². The van der Waals surface area contributed by atoms with Crippen molar-refractivity contribution in [2.75, 3.05) is 5.32 Å². The van der Waals surface area contributed by atoms with E-state index in [9.17, 15) is 10.1 Å². The Kier molecular flexibility index (Phi) is 4.83. The summed E-state index contributed by atoms with van der Waals surface area (Å²) >= 11 is 12.0. The van der Waals surface area contributed by atoms with Gasteiger partial charge in [0.1, 0.15) is 17.2 Å². The van der Waals surface area contributed by atoms with Crippen LogP contribution >= 0.6 is 23.2 Å². The van der Waals surface area contributed by atoms with Crippen LogP contribution in [0.4, 0.5) is 10.6 Å². The maximum Gasteiger partial charge on any atom is 0.413 e. The van der Waals surface area contributed by atoms with E-state index in [1.807, 2.05) is 6.07 Å². The van der Waals surface area contributed by atoms with E-state index in [0.717, 1.165) is 0 Å². The van der Waals surface area contributed by atoms with Crippen LogP contribution in [-0.2, 0) is 4.74 Å². The lowest BCUT2D eigenvalue weighted by Gasteiger charge is -2.20. The molecule has 1 aromatic carbocycles. The fourth-order valence-corrected chi connectivity index (χ4v) is 2.28. The van der Waals surface area contributed by atoms with Gasteiger partial charge in [-0.1, -0.05) is 23.2 Å². The van der Waals surface area contributed by atoms with Crippen molar-refractivity contribution in [1.82, 2.24) is 9.78 Å². The molecule has 6 nitrogen and oxygen atoms in total. The Morgan fingerprint density at radius 3 is 2.65 bits per heavy atom. The minimum Gasteiger partial charge on any atom is -0.444 e. The molecule has 0 unspecified atom stereocenters. The van der Waals surface area contributed by atoms with E-state index >= 15 is 0 Å². The highest BCUT2D eigenvalue weighted by molar-refractivity contribution is 6.35. The molecule has 1 amide bonds. The van der Waals surface area contributed by atoms with Crippen molar-refractivity contribution in [2.45, 2.75) is 26.4 Å². The molecule has 0 radical (unpaired) electrons. The third-order valence-corrected chi connectivity index (χ3v) is 3.18. The molecule has 0 saturated carbocycles. The molecular formula is C15H14Cl2N4O2. The molecule has 2 aromatic rings. The van der Waals surface area contributed by atoms with Crippen LogP contribution in [0.3, 0.4) is 0 Å². The first-order valence-electron chi connectivity index (χ1n) is 6.65. The predicted molar refractivity (Wildman–Crippen MR) is 88.2 cm³/mol. The predicted octanol–water partition coefficient (Wildman–Crippen LogP) is 4.40. The summed E-state index contributed by atoms with van der Waals surface area (Å²) in [6, 6.07) is 6.78. The normalized spacial score (nSPS) is 11.0. The summed E-state index contributed by atoms with van der Waals surface area (Å²) in [6.45, 7) is 5.22. The van der Waals surface area contributed by atoms with Gasteiger partial charge in [0.2, 0.25) is 0 Å². The number of halogens is 2. The Bertz CT molecular complexity index is 788. The highest BCUT2D eigenvalue weighted by Crippen LogP contribution is 2.28. The summed E-state index contributed by atoms with van der Waals surface area (Å²) < 4.78 is 6.54. The molecule has 8 heteroatoms. The Morgan fingerprint density at radius 1 is 1.39 bits per heavy atom. The van der Waals surface area contributed by atoms with E-state index in [0.29, 0.717) is 15.7 Å². The summed E-state index contributed by atoms with van der Waals surface area (Å²) in [6.07, 6.45) is 0.637. The molecule has 0 bridgehead atoms. The van der Waals surface area contributed by atoms with Crippen LogP contribution in [0.1, 0.15) is 26.3 Å². The lowest BCUT2D eigenvalue weighted by atomic mass is 10.2. The van der Waals surface area contributed by atoms with Crippen LogP contribution < -0.4 is 5.32 Å². The van der Waals surface area contributed by atoms with Crippen molar-refractivity contribution in [2.24, 2.45) is 0 Å². The smallest absolute Gasteiger partial charge is 0.413 e. The van der Waals surface area contributed by atoms with E-state index in [-0.39, 0.29) is 11.4 Å². The van der Waals surface area contributed by atoms with Gasteiger partial charge < -0.3 is 4.74 Å². The summed E-state index contributed by atoms with van der Waals surface area (Å²) in [5.74, 6) is 0.172. The van der Waals surface area contributed by atoms with Crippen molar-refractivity contribution >= 4 is 35.1 Å². The largest absolute Gasteiger partial charge is 0.444 e. The van der Waals surface area contributed by atoms with Crippen LogP contribution in [-0.4, -0.2) is 21.5 Å². The maximum absolute atomic E-state index is 12.0. The zero-order valence-electron chi connectivity index (χ0n) is 12.7. The van der Waals surface area contributed by atoms with Gasteiger partial charge in [0.25, 0.3) is 0 Å². The van der Waals surface area contributed by atoms with Crippen LogP contribution in [0, 0.1) is 11.3 Å². The molecule has 1 N–H and O–H groups in total. The fraction of sp³-hybridized carbons (Fsp3) is 0.267. The van der Waals surface area contributed by atoms with Gasteiger partial charge in [-0.15, -0.1) is 0 Å². The first-order chi connectivity index (χ1) is 10.7. The van der Waals surface area contributed by atoms with Gasteiger partial charge >= 0.3 is 6.09 Å². The van der Waals surface area contributed by atoms with E-state index in [4.69, 9.17) is 27.9 Å². The minimum atomic E-state index is -0.694. The third-order valence-electron chi connectivity index (χ3n) is 2.65. The van der Waals surface area contributed by atoms with Crippen LogP contribution in [0.25, 0.3) is 5.69 Å². The molecule has 0 saturated heterocycles. The molecule has 0 spiro atoms. The maximum atomic E-state index is 12.0. The number of anilines is 1. The monoisotopic (exact) mass is 352 g/mol. The summed E-state index contributed by atoms with van der Waals surface area (Å²) in [5.41, 5.74) is -0.00913. The Morgan fingerprint density at radius 2 is 2.09 bits per heavy atom.